The Hall–Kier alpha value is -1.39. The highest BCUT2D eigenvalue weighted by molar-refractivity contribution is 8.00. The minimum Gasteiger partial charge on any atom is -0.263 e. The van der Waals surface area contributed by atoms with E-state index in [2.05, 4.69) is 19.7 Å². The van der Waals surface area contributed by atoms with Crippen LogP contribution in [0.4, 0.5) is 8.78 Å². The highest BCUT2D eigenvalue weighted by Crippen LogP contribution is 2.36. The largest absolute Gasteiger partial charge is 0.263 e. The molecule has 0 aliphatic carbocycles. The summed E-state index contributed by atoms with van der Waals surface area (Å²) in [5.41, 5.74) is 0.123. The van der Waals surface area contributed by atoms with Crippen LogP contribution < -0.4 is 0 Å². The highest BCUT2D eigenvalue weighted by atomic mass is 35.5. The molecule has 0 amide bonds. The van der Waals surface area contributed by atoms with Gasteiger partial charge in [0.15, 0.2) is 0 Å². The second-order valence-electron chi connectivity index (χ2n) is 6.43. The van der Waals surface area contributed by atoms with Crippen LogP contribution in [0.3, 0.4) is 0 Å². The third-order valence-corrected chi connectivity index (χ3v) is 7.33. The summed E-state index contributed by atoms with van der Waals surface area (Å²) in [4.78, 5) is 0.495. The van der Waals surface area contributed by atoms with Crippen molar-refractivity contribution < 1.29 is 13.0 Å². The van der Waals surface area contributed by atoms with Gasteiger partial charge in [-0.15, -0.1) is 0 Å². The van der Waals surface area contributed by atoms with Crippen LogP contribution in [0, 0.1) is 17.6 Å². The number of rotatable bonds is 7. The first-order chi connectivity index (χ1) is 11.8. The zero-order chi connectivity index (χ0) is 18.6. The fourth-order valence-electron chi connectivity index (χ4n) is 2.78. The predicted octanol–water partition coefficient (Wildman–Crippen LogP) is 6.26. The van der Waals surface area contributed by atoms with Gasteiger partial charge in [0.2, 0.25) is 0 Å². The molecule has 5 heteroatoms. The minimum atomic E-state index is -2.88. The van der Waals surface area contributed by atoms with Crippen LogP contribution >= 0.6 is 11.6 Å². The molecule has 0 aliphatic rings. The molecule has 0 N–H and O–H groups in total. The van der Waals surface area contributed by atoms with E-state index < -0.39 is 26.4 Å². The molecule has 1 nitrogen and oxygen atoms in total. The molecule has 0 bridgehead atoms. The van der Waals surface area contributed by atoms with Gasteiger partial charge in [0.05, 0.1) is 5.25 Å². The van der Waals surface area contributed by atoms with Crippen LogP contribution in [0.5, 0.6) is 0 Å². The maximum Gasteiger partial charge on any atom is 0.127 e. The third kappa shape index (κ3) is 4.83. The summed E-state index contributed by atoms with van der Waals surface area (Å²) in [6.45, 7) is 4.16. The molecule has 25 heavy (non-hydrogen) atoms. The van der Waals surface area contributed by atoms with Crippen LogP contribution in [-0.2, 0) is 9.52 Å². The maximum absolute atomic E-state index is 14.4. The zero-order valence-electron chi connectivity index (χ0n) is 14.5. The lowest BCUT2D eigenvalue weighted by Gasteiger charge is -2.24. The Morgan fingerprint density at radius 1 is 1.12 bits per heavy atom. The van der Waals surface area contributed by atoms with Gasteiger partial charge < -0.3 is 0 Å². The van der Waals surface area contributed by atoms with E-state index in [9.17, 15) is 13.0 Å². The Bertz CT molecular complexity index is 816. The van der Waals surface area contributed by atoms with Gasteiger partial charge in [0.25, 0.3) is 0 Å². The second kappa shape index (κ2) is 8.33. The molecule has 136 valence electrons. The fourth-order valence-corrected chi connectivity index (χ4v) is 4.94. The molecule has 2 aromatic rings. The van der Waals surface area contributed by atoms with Crippen molar-refractivity contribution in [1.29, 1.82) is 0 Å². The van der Waals surface area contributed by atoms with Gasteiger partial charge in [0.1, 0.15) is 11.6 Å². The first kappa shape index (κ1) is 19.9. The summed E-state index contributed by atoms with van der Waals surface area (Å²) in [5, 5.41) is -0.176. The van der Waals surface area contributed by atoms with E-state index in [0.29, 0.717) is 22.3 Å². The van der Waals surface area contributed by atoms with Crippen molar-refractivity contribution in [2.24, 2.45) is 5.92 Å². The molecular formula is C20H23ClF2OS. The number of halogens is 3. The van der Waals surface area contributed by atoms with E-state index in [-0.39, 0.29) is 5.56 Å². The monoisotopic (exact) mass is 384 g/mol. The Morgan fingerprint density at radius 2 is 1.76 bits per heavy atom. The SMILES string of the molecule is C=S(=O)(c1ccc(Cl)cc1)C(CCC(C)CC)c1cc(F)ccc1F. The van der Waals surface area contributed by atoms with Crippen molar-refractivity contribution in [3.8, 4) is 0 Å². The molecule has 0 aliphatic heterocycles. The fraction of sp³-hybridized carbons (Fsp3) is 0.350. The predicted molar refractivity (Wildman–Crippen MR) is 103 cm³/mol. The molecule has 0 aromatic heterocycles. The summed E-state index contributed by atoms with van der Waals surface area (Å²) < 4.78 is 41.6. The Kier molecular flexibility index (Phi) is 6.64. The minimum absolute atomic E-state index is 0.123. The first-order valence-electron chi connectivity index (χ1n) is 8.32. The normalized spacial score (nSPS) is 16.2. The van der Waals surface area contributed by atoms with Crippen LogP contribution in [0.1, 0.15) is 43.9 Å². The summed E-state index contributed by atoms with van der Waals surface area (Å²) in [7, 11) is -2.88. The quantitative estimate of drug-likeness (QED) is 0.515. The molecule has 0 spiro atoms. The van der Waals surface area contributed by atoms with Gasteiger partial charge in [-0.2, -0.15) is 0 Å². The lowest BCUT2D eigenvalue weighted by molar-refractivity contribution is 0.482. The molecule has 0 saturated carbocycles. The van der Waals surface area contributed by atoms with Crippen molar-refractivity contribution in [3.05, 3.63) is 64.7 Å². The van der Waals surface area contributed by atoms with E-state index in [1.165, 1.54) is 0 Å². The van der Waals surface area contributed by atoms with Gasteiger partial charge in [-0.3, -0.25) is 4.21 Å². The molecule has 3 unspecified atom stereocenters. The van der Waals surface area contributed by atoms with E-state index >= 15 is 0 Å². The average molecular weight is 385 g/mol. The van der Waals surface area contributed by atoms with Crippen molar-refractivity contribution in [1.82, 2.24) is 0 Å². The zero-order valence-corrected chi connectivity index (χ0v) is 16.0. The third-order valence-electron chi connectivity index (χ3n) is 4.60. The molecule has 0 radical (unpaired) electrons. The lowest BCUT2D eigenvalue weighted by Crippen LogP contribution is -2.16. The van der Waals surface area contributed by atoms with Crippen molar-refractivity contribution in [3.63, 3.8) is 0 Å². The second-order valence-corrected chi connectivity index (χ2v) is 9.35. The summed E-state index contributed by atoms with van der Waals surface area (Å²) in [5.74, 6) is 3.22. The summed E-state index contributed by atoms with van der Waals surface area (Å²) in [6.07, 6.45) is 2.20. The van der Waals surface area contributed by atoms with Crippen LogP contribution in [-0.4, -0.2) is 10.1 Å². The van der Waals surface area contributed by atoms with E-state index in [1.807, 2.05) is 0 Å². The Balaban J connectivity index is 2.49. The molecule has 2 aromatic carbocycles. The van der Waals surface area contributed by atoms with E-state index in [4.69, 9.17) is 11.6 Å². The topological polar surface area (TPSA) is 17.1 Å². The van der Waals surface area contributed by atoms with Crippen LogP contribution in [0.2, 0.25) is 5.02 Å². The average Bonchev–Trinajstić information content (AvgIpc) is 2.58. The van der Waals surface area contributed by atoms with Crippen LogP contribution in [0.15, 0.2) is 47.4 Å². The Morgan fingerprint density at radius 3 is 2.36 bits per heavy atom. The van der Waals surface area contributed by atoms with Gasteiger partial charge >= 0.3 is 0 Å². The van der Waals surface area contributed by atoms with Gasteiger partial charge in [0, 0.05) is 25.0 Å². The van der Waals surface area contributed by atoms with Gasteiger partial charge in [-0.25, -0.2) is 8.78 Å². The number of benzene rings is 2. The van der Waals surface area contributed by atoms with Crippen molar-refractivity contribution >= 4 is 27.0 Å². The van der Waals surface area contributed by atoms with Crippen LogP contribution in [0.25, 0.3) is 0 Å². The lowest BCUT2D eigenvalue weighted by atomic mass is 9.98. The number of hydrogen-bond acceptors (Lipinski definition) is 1. The van der Waals surface area contributed by atoms with Gasteiger partial charge in [-0.05, 0) is 67.1 Å². The molecular weight excluding hydrogens is 362 g/mol. The van der Waals surface area contributed by atoms with Crippen molar-refractivity contribution in [2.45, 2.75) is 43.3 Å². The first-order valence-corrected chi connectivity index (χ1v) is 10.5. The smallest absolute Gasteiger partial charge is 0.127 e. The van der Waals surface area contributed by atoms with E-state index in [0.717, 1.165) is 31.0 Å². The summed E-state index contributed by atoms with van der Waals surface area (Å²) in [6, 6.07) is 9.84. The molecule has 2 rings (SSSR count). The molecule has 0 heterocycles. The molecule has 3 atom stereocenters. The Labute approximate surface area is 154 Å². The standard InChI is InChI=1S/C20H23ClF2OS/c1-4-14(2)5-12-20(18-13-16(22)8-11-19(18)23)25(3,24)17-9-6-15(21)7-10-17/h6-11,13-14,20H,3-5,12H2,1-2H3. The van der Waals surface area contributed by atoms with Crippen molar-refractivity contribution in [2.75, 3.05) is 0 Å². The van der Waals surface area contributed by atoms with E-state index in [1.54, 1.807) is 24.3 Å². The highest BCUT2D eigenvalue weighted by Gasteiger charge is 2.27. The summed E-state index contributed by atoms with van der Waals surface area (Å²) >= 11 is 5.90. The molecule has 0 fully saturated rings. The molecule has 0 saturated heterocycles. The number of hydrogen-bond donors (Lipinski definition) is 0. The maximum atomic E-state index is 14.4. The van der Waals surface area contributed by atoms with Gasteiger partial charge in [-0.1, -0.05) is 31.9 Å².